The molecule has 0 bridgehead atoms. The van der Waals surface area contributed by atoms with Gasteiger partial charge < -0.3 is 33.9 Å². The largest absolute Gasteiger partial charge is 0.489 e. The summed E-state index contributed by atoms with van der Waals surface area (Å²) < 4.78 is 21.7. The third-order valence-electron chi connectivity index (χ3n) is 6.34. The average Bonchev–Trinajstić information content (AvgIpc) is 3.32. The van der Waals surface area contributed by atoms with Gasteiger partial charge in [0.1, 0.15) is 5.56 Å². The van der Waals surface area contributed by atoms with Gasteiger partial charge in [-0.15, -0.1) is 0 Å². The van der Waals surface area contributed by atoms with Crippen LogP contribution in [0.1, 0.15) is 33.6 Å². The van der Waals surface area contributed by atoms with Gasteiger partial charge in [-0.3, -0.25) is 25.0 Å². The van der Waals surface area contributed by atoms with E-state index in [2.05, 4.69) is 4.90 Å². The van der Waals surface area contributed by atoms with E-state index in [0.717, 1.165) is 19.2 Å². The number of fused-ring (bicyclic) bond motifs is 2. The van der Waals surface area contributed by atoms with E-state index in [1.54, 1.807) is 4.90 Å². The molecule has 0 aromatic heterocycles. The topological polar surface area (TPSA) is 184 Å². The summed E-state index contributed by atoms with van der Waals surface area (Å²) in [5, 5.41) is 30.8. The van der Waals surface area contributed by atoms with Gasteiger partial charge in [-0.25, -0.2) is 4.79 Å². The molecule has 15 nitrogen and oxygen atoms in total. The van der Waals surface area contributed by atoms with E-state index in [0.29, 0.717) is 58.1 Å². The molecule has 1 amide bonds. The summed E-state index contributed by atoms with van der Waals surface area (Å²) in [5.41, 5.74) is -0.532. The summed E-state index contributed by atoms with van der Waals surface area (Å²) >= 11 is 0. The van der Waals surface area contributed by atoms with Gasteiger partial charge in [0.15, 0.2) is 23.0 Å². The van der Waals surface area contributed by atoms with Crippen molar-refractivity contribution in [2.75, 3.05) is 59.7 Å². The first-order chi connectivity index (χ1) is 19.2. The summed E-state index contributed by atoms with van der Waals surface area (Å²) in [7, 11) is 2.00. The Labute approximate surface area is 228 Å². The number of non-ortho nitro benzene ring substituents is 2. The number of benzene rings is 2. The minimum atomic E-state index is -1.28. The third-order valence-corrected chi connectivity index (χ3v) is 6.34. The minimum Gasteiger partial charge on any atom is -0.489 e. The fourth-order valence-corrected chi connectivity index (χ4v) is 4.23. The van der Waals surface area contributed by atoms with E-state index in [4.69, 9.17) is 24.1 Å². The lowest BCUT2D eigenvalue weighted by molar-refractivity contribution is -0.385. The van der Waals surface area contributed by atoms with Gasteiger partial charge in [-0.1, -0.05) is 0 Å². The van der Waals surface area contributed by atoms with Gasteiger partial charge in [0, 0.05) is 51.2 Å². The number of amides is 1. The Morgan fingerprint density at radius 1 is 0.750 bits per heavy atom. The van der Waals surface area contributed by atoms with Gasteiger partial charge in [0.25, 0.3) is 17.3 Å². The number of nitrogens with zero attached hydrogens (tertiary/aromatic N) is 4. The first-order valence-corrected chi connectivity index (χ1v) is 12.5. The van der Waals surface area contributed by atoms with Crippen LogP contribution in [0.4, 0.5) is 11.4 Å². The molecule has 3 heterocycles. The molecule has 5 rings (SSSR count). The lowest BCUT2D eigenvalue weighted by atomic mass is 10.1. The molecule has 1 fully saturated rings. The number of rotatable bonds is 4. The highest BCUT2D eigenvalue weighted by atomic mass is 16.6. The molecule has 3 aliphatic heterocycles. The quantitative estimate of drug-likeness (QED) is 0.426. The van der Waals surface area contributed by atoms with Crippen LogP contribution in [0.2, 0.25) is 0 Å². The van der Waals surface area contributed by atoms with Crippen molar-refractivity contribution in [1.82, 2.24) is 9.80 Å². The fourth-order valence-electron chi connectivity index (χ4n) is 4.23. The summed E-state index contributed by atoms with van der Waals surface area (Å²) in [6.07, 6.45) is 1.27. The number of hydrogen-bond donors (Lipinski definition) is 1. The van der Waals surface area contributed by atoms with Crippen LogP contribution in [0.25, 0.3) is 0 Å². The van der Waals surface area contributed by atoms with Crippen molar-refractivity contribution in [3.8, 4) is 23.0 Å². The molecule has 2 aromatic carbocycles. The highest BCUT2D eigenvalue weighted by molar-refractivity contribution is 5.98. The Balaban J connectivity index is 0.000000194. The van der Waals surface area contributed by atoms with Crippen LogP contribution in [0.15, 0.2) is 24.3 Å². The maximum absolute atomic E-state index is 12.8. The molecule has 40 heavy (non-hydrogen) atoms. The first kappa shape index (κ1) is 28.4. The monoisotopic (exact) mass is 560 g/mol. The van der Waals surface area contributed by atoms with Crippen LogP contribution in [-0.2, 0) is 0 Å². The van der Waals surface area contributed by atoms with Crippen molar-refractivity contribution < 1.29 is 43.5 Å². The third kappa shape index (κ3) is 6.48. The zero-order chi connectivity index (χ0) is 28.8. The molecule has 0 saturated carbocycles. The van der Waals surface area contributed by atoms with Crippen LogP contribution in [0.3, 0.4) is 0 Å². The van der Waals surface area contributed by atoms with E-state index in [9.17, 15) is 29.8 Å². The zero-order valence-corrected chi connectivity index (χ0v) is 21.7. The van der Waals surface area contributed by atoms with Crippen molar-refractivity contribution in [1.29, 1.82) is 0 Å². The number of likely N-dealkylation sites (N-methyl/N-ethyl adjacent to an activating group) is 1. The highest BCUT2D eigenvalue weighted by Gasteiger charge is 2.29. The Hall–Kier alpha value is -4.66. The van der Waals surface area contributed by atoms with E-state index >= 15 is 0 Å². The first-order valence-electron chi connectivity index (χ1n) is 12.5. The predicted octanol–water partition coefficient (Wildman–Crippen LogP) is 2.60. The number of carboxylic acids is 1. The Kier molecular flexibility index (Phi) is 8.83. The van der Waals surface area contributed by atoms with Crippen molar-refractivity contribution >= 4 is 23.3 Å². The van der Waals surface area contributed by atoms with Gasteiger partial charge in [0.05, 0.1) is 54.0 Å². The fraction of sp³-hybridized carbons (Fsp3) is 0.440. The molecule has 1 saturated heterocycles. The molecule has 2 aromatic rings. The van der Waals surface area contributed by atoms with Crippen LogP contribution in [-0.4, -0.2) is 96.3 Å². The number of carbonyl (C=O) groups is 2. The average molecular weight is 561 g/mol. The maximum Gasteiger partial charge on any atom is 0.339 e. The van der Waals surface area contributed by atoms with E-state index in [1.807, 2.05) is 7.05 Å². The summed E-state index contributed by atoms with van der Waals surface area (Å²) in [5.74, 6) is -0.778. The lowest BCUT2D eigenvalue weighted by Gasteiger charge is -2.32. The second-order valence-electron chi connectivity index (χ2n) is 9.16. The second-order valence-corrected chi connectivity index (χ2v) is 9.16. The smallest absolute Gasteiger partial charge is 0.339 e. The predicted molar refractivity (Wildman–Crippen MR) is 138 cm³/mol. The normalized spacial score (nSPS) is 16.5. The summed E-state index contributed by atoms with van der Waals surface area (Å²) in [6.45, 7) is 4.24. The number of carboxylic acid groups (broad SMARTS) is 1. The maximum atomic E-state index is 12.8. The Bertz CT molecular complexity index is 1310. The molecule has 0 radical (unpaired) electrons. The van der Waals surface area contributed by atoms with Gasteiger partial charge >= 0.3 is 5.97 Å². The number of aromatic carboxylic acids is 1. The number of nitro benzene ring substituents is 2. The molecule has 1 N–H and O–H groups in total. The second kappa shape index (κ2) is 12.5. The molecule has 214 valence electrons. The van der Waals surface area contributed by atoms with Crippen molar-refractivity contribution in [2.45, 2.75) is 12.8 Å². The molecule has 0 spiro atoms. The van der Waals surface area contributed by atoms with Gasteiger partial charge in [0.2, 0.25) is 0 Å². The molecule has 0 aliphatic carbocycles. The minimum absolute atomic E-state index is 0.0561. The molecular formula is C25H28N4O11. The summed E-state index contributed by atoms with van der Waals surface area (Å²) in [6, 6.07) is 4.75. The van der Waals surface area contributed by atoms with E-state index in [-0.39, 0.29) is 45.7 Å². The van der Waals surface area contributed by atoms with E-state index < -0.39 is 15.8 Å². The molecule has 0 unspecified atom stereocenters. The van der Waals surface area contributed by atoms with Crippen LogP contribution < -0.4 is 18.9 Å². The lowest BCUT2D eigenvalue weighted by Crippen LogP contribution is -2.47. The van der Waals surface area contributed by atoms with E-state index in [1.165, 1.54) is 18.2 Å². The highest BCUT2D eigenvalue weighted by Crippen LogP contribution is 2.39. The van der Waals surface area contributed by atoms with Crippen LogP contribution in [0.5, 0.6) is 23.0 Å². The number of ether oxygens (including phenoxy) is 4. The number of piperazine rings is 1. The van der Waals surface area contributed by atoms with Crippen molar-refractivity contribution in [3.63, 3.8) is 0 Å². The standard InChI is InChI=1S/C15H19N3O5.C10H9NO6/c1-16-3-5-17(6-4-16)15(19)12-9-11(18(20)21)10-13-14(12)23-8-2-7-22-13;12-10(13)7-4-6(11(14)15)5-8-9(7)17-3-1-2-16-8/h9-10H,2-8H2,1H3;4-5H,1-3H2,(H,12,13). The molecule has 15 heteroatoms. The molecule has 3 aliphatic rings. The van der Waals surface area contributed by atoms with Gasteiger partial charge in [-0.2, -0.15) is 0 Å². The molecule has 0 atom stereocenters. The SMILES string of the molecule is CN1CCN(C(=O)c2cc([N+](=O)[O-])cc3c2OCCCO3)CC1.O=C(O)c1cc([N+](=O)[O-])cc2c1OCCCO2. The van der Waals surface area contributed by atoms with Crippen LogP contribution >= 0.6 is 0 Å². The summed E-state index contributed by atoms with van der Waals surface area (Å²) in [4.78, 5) is 48.3. The van der Waals surface area contributed by atoms with Crippen molar-refractivity contribution in [2.24, 2.45) is 0 Å². The Morgan fingerprint density at radius 2 is 1.20 bits per heavy atom. The number of nitro groups is 2. The zero-order valence-electron chi connectivity index (χ0n) is 21.7. The number of hydrogen-bond acceptors (Lipinski definition) is 11. The Morgan fingerprint density at radius 3 is 1.68 bits per heavy atom. The van der Waals surface area contributed by atoms with Crippen LogP contribution in [0, 0.1) is 20.2 Å². The number of carbonyl (C=O) groups excluding carboxylic acids is 1. The van der Waals surface area contributed by atoms with Crippen molar-refractivity contribution in [3.05, 3.63) is 55.6 Å². The van der Waals surface area contributed by atoms with Gasteiger partial charge in [-0.05, 0) is 7.05 Å². The molecular weight excluding hydrogens is 532 g/mol.